The standard InChI is InChI=1S/C10H10N2O3.C10H12N2O/c1-11-9(6-13)5-7-4-8(12(14)15)2-3-10(7)11;1-12-9(6-13)5-7-4-8(11)2-3-10(7)12/h2-5,13H,6H2,1H3;2-5,13H,6,11H2,1H3. The normalized spacial score (nSPS) is 10.9. The van der Waals surface area contributed by atoms with Gasteiger partial charge in [-0.3, -0.25) is 10.1 Å². The van der Waals surface area contributed by atoms with Crippen LogP contribution in [0.4, 0.5) is 11.4 Å². The van der Waals surface area contributed by atoms with E-state index >= 15 is 0 Å². The van der Waals surface area contributed by atoms with Crippen LogP contribution in [0.25, 0.3) is 21.8 Å². The molecule has 2 aromatic carbocycles. The van der Waals surface area contributed by atoms with Gasteiger partial charge in [0.1, 0.15) is 0 Å². The number of aliphatic hydroxyl groups excluding tert-OH is 2. The zero-order chi connectivity index (χ0) is 20.4. The number of benzene rings is 2. The third-order valence-corrected chi connectivity index (χ3v) is 4.83. The Hall–Kier alpha value is -3.36. The summed E-state index contributed by atoms with van der Waals surface area (Å²) in [5.41, 5.74) is 10.1. The molecule has 0 fully saturated rings. The van der Waals surface area contributed by atoms with Gasteiger partial charge in [0.2, 0.25) is 0 Å². The number of hydrogen-bond donors (Lipinski definition) is 3. The molecule has 4 N–H and O–H groups in total. The first kappa shape index (κ1) is 19.4. The fraction of sp³-hybridized carbons (Fsp3) is 0.200. The summed E-state index contributed by atoms with van der Waals surface area (Å²) in [7, 11) is 3.75. The number of aromatic nitrogens is 2. The van der Waals surface area contributed by atoms with E-state index in [-0.39, 0.29) is 18.9 Å². The second-order valence-corrected chi connectivity index (χ2v) is 6.52. The molecule has 0 saturated carbocycles. The molecule has 4 rings (SSSR count). The fourth-order valence-corrected chi connectivity index (χ4v) is 3.24. The van der Waals surface area contributed by atoms with Gasteiger partial charge < -0.3 is 25.1 Å². The number of hydrogen-bond acceptors (Lipinski definition) is 5. The van der Waals surface area contributed by atoms with Gasteiger partial charge in [-0.05, 0) is 36.4 Å². The summed E-state index contributed by atoms with van der Waals surface area (Å²) in [6, 6.07) is 14.1. The van der Waals surface area contributed by atoms with Crippen LogP contribution in [-0.2, 0) is 27.3 Å². The van der Waals surface area contributed by atoms with Crippen LogP contribution in [0.5, 0.6) is 0 Å². The van der Waals surface area contributed by atoms with Crippen molar-refractivity contribution in [1.82, 2.24) is 9.13 Å². The number of nitrogens with zero attached hydrogens (tertiary/aromatic N) is 3. The number of anilines is 1. The molecule has 0 aliphatic carbocycles. The highest BCUT2D eigenvalue weighted by Crippen LogP contribution is 2.24. The van der Waals surface area contributed by atoms with E-state index in [1.807, 2.05) is 47.5 Å². The molecule has 2 aromatic heterocycles. The lowest BCUT2D eigenvalue weighted by molar-refractivity contribution is -0.384. The Labute approximate surface area is 161 Å². The minimum Gasteiger partial charge on any atom is -0.399 e. The van der Waals surface area contributed by atoms with Gasteiger partial charge in [0, 0.05) is 65.1 Å². The van der Waals surface area contributed by atoms with Gasteiger partial charge >= 0.3 is 0 Å². The van der Waals surface area contributed by atoms with Gasteiger partial charge in [0.25, 0.3) is 5.69 Å². The number of nitrogens with two attached hydrogens (primary N) is 1. The van der Waals surface area contributed by atoms with Gasteiger partial charge in [-0.15, -0.1) is 0 Å². The fourth-order valence-electron chi connectivity index (χ4n) is 3.24. The highest BCUT2D eigenvalue weighted by Gasteiger charge is 2.10. The van der Waals surface area contributed by atoms with Crippen LogP contribution in [0.2, 0.25) is 0 Å². The van der Waals surface area contributed by atoms with Crippen LogP contribution in [0, 0.1) is 10.1 Å². The van der Waals surface area contributed by atoms with Crippen molar-refractivity contribution >= 4 is 33.2 Å². The second kappa shape index (κ2) is 7.71. The van der Waals surface area contributed by atoms with Gasteiger partial charge in [-0.1, -0.05) is 0 Å². The van der Waals surface area contributed by atoms with E-state index in [2.05, 4.69) is 0 Å². The van der Waals surface area contributed by atoms with Crippen molar-refractivity contribution in [2.75, 3.05) is 5.73 Å². The maximum atomic E-state index is 10.6. The molecule has 8 heteroatoms. The molecule has 146 valence electrons. The van der Waals surface area contributed by atoms with Crippen LogP contribution in [0.1, 0.15) is 11.4 Å². The van der Waals surface area contributed by atoms with Crippen molar-refractivity contribution in [3.8, 4) is 0 Å². The first-order valence-electron chi connectivity index (χ1n) is 8.64. The average molecular weight is 382 g/mol. The number of nitrogen functional groups attached to an aromatic ring is 1. The average Bonchev–Trinajstić information content (AvgIpc) is 3.18. The summed E-state index contributed by atoms with van der Waals surface area (Å²) < 4.78 is 3.79. The van der Waals surface area contributed by atoms with Crippen molar-refractivity contribution in [3.63, 3.8) is 0 Å². The molecule has 8 nitrogen and oxygen atoms in total. The summed E-state index contributed by atoms with van der Waals surface area (Å²) in [5, 5.41) is 30.5. The highest BCUT2D eigenvalue weighted by atomic mass is 16.6. The first-order chi connectivity index (χ1) is 13.3. The third kappa shape index (κ3) is 3.55. The van der Waals surface area contributed by atoms with E-state index in [9.17, 15) is 10.1 Å². The Bertz CT molecular complexity index is 1160. The summed E-state index contributed by atoms with van der Waals surface area (Å²) in [4.78, 5) is 10.1. The van der Waals surface area contributed by atoms with Gasteiger partial charge in [0.05, 0.1) is 18.1 Å². The molecular formula is C20H22N4O4. The van der Waals surface area contributed by atoms with Crippen LogP contribution in [0.15, 0.2) is 48.5 Å². The van der Waals surface area contributed by atoms with Crippen LogP contribution < -0.4 is 5.73 Å². The number of aryl methyl sites for hydroxylation is 2. The number of nitro benzene ring substituents is 1. The molecule has 0 saturated heterocycles. The van der Waals surface area contributed by atoms with E-state index in [0.29, 0.717) is 0 Å². The zero-order valence-electron chi connectivity index (χ0n) is 15.7. The summed E-state index contributed by atoms with van der Waals surface area (Å²) >= 11 is 0. The first-order valence-corrected chi connectivity index (χ1v) is 8.64. The van der Waals surface area contributed by atoms with Crippen molar-refractivity contribution < 1.29 is 15.1 Å². The minimum absolute atomic E-state index is 0.0606. The zero-order valence-corrected chi connectivity index (χ0v) is 15.7. The molecule has 0 aliphatic rings. The van der Waals surface area contributed by atoms with Crippen molar-refractivity contribution in [1.29, 1.82) is 0 Å². The number of fused-ring (bicyclic) bond motifs is 2. The van der Waals surface area contributed by atoms with Crippen molar-refractivity contribution in [2.45, 2.75) is 13.2 Å². The molecule has 0 atom stereocenters. The summed E-state index contributed by atoms with van der Waals surface area (Å²) in [5.74, 6) is 0. The van der Waals surface area contributed by atoms with E-state index in [1.54, 1.807) is 12.1 Å². The largest absolute Gasteiger partial charge is 0.399 e. The van der Waals surface area contributed by atoms with Gasteiger partial charge in [-0.25, -0.2) is 0 Å². The second-order valence-electron chi connectivity index (χ2n) is 6.52. The number of nitro groups is 1. The summed E-state index contributed by atoms with van der Waals surface area (Å²) in [6.07, 6.45) is 0. The Morgan fingerprint density at radius 2 is 1.39 bits per heavy atom. The Kier molecular flexibility index (Phi) is 5.34. The maximum Gasteiger partial charge on any atom is 0.270 e. The Morgan fingerprint density at radius 1 is 0.893 bits per heavy atom. The Morgan fingerprint density at radius 3 is 1.89 bits per heavy atom. The molecule has 0 aliphatic heterocycles. The molecule has 2 heterocycles. The van der Waals surface area contributed by atoms with E-state index in [1.165, 1.54) is 12.1 Å². The van der Waals surface area contributed by atoms with E-state index < -0.39 is 4.92 Å². The maximum absolute atomic E-state index is 10.6. The molecule has 28 heavy (non-hydrogen) atoms. The quantitative estimate of drug-likeness (QED) is 0.286. The summed E-state index contributed by atoms with van der Waals surface area (Å²) in [6.45, 7) is -0.00986. The van der Waals surface area contributed by atoms with Gasteiger partial charge in [-0.2, -0.15) is 0 Å². The predicted octanol–water partition coefficient (Wildman–Crippen LogP) is 2.83. The number of non-ortho nitro benzene ring substituents is 1. The lowest BCUT2D eigenvalue weighted by atomic mass is 10.2. The number of rotatable bonds is 3. The third-order valence-electron chi connectivity index (χ3n) is 4.83. The smallest absolute Gasteiger partial charge is 0.270 e. The molecule has 0 amide bonds. The van der Waals surface area contributed by atoms with Gasteiger partial charge in [0.15, 0.2) is 0 Å². The molecular weight excluding hydrogens is 360 g/mol. The molecule has 0 radical (unpaired) electrons. The Balaban J connectivity index is 0.000000162. The monoisotopic (exact) mass is 382 g/mol. The SMILES string of the molecule is Cn1c(CO)cc2cc(N)ccc21.Cn1c(CO)cc2cc([N+](=O)[O-])ccc21. The molecule has 0 bridgehead atoms. The van der Waals surface area contributed by atoms with E-state index in [0.717, 1.165) is 38.9 Å². The lowest BCUT2D eigenvalue weighted by Gasteiger charge is -1.99. The van der Waals surface area contributed by atoms with Crippen LogP contribution in [-0.4, -0.2) is 24.3 Å². The molecule has 4 aromatic rings. The topological polar surface area (TPSA) is 119 Å². The highest BCUT2D eigenvalue weighted by molar-refractivity contribution is 5.84. The lowest BCUT2D eigenvalue weighted by Crippen LogP contribution is -1.94. The van der Waals surface area contributed by atoms with E-state index in [4.69, 9.17) is 15.9 Å². The molecule has 0 unspecified atom stereocenters. The predicted molar refractivity (Wildman–Crippen MR) is 109 cm³/mol. The minimum atomic E-state index is -0.426. The van der Waals surface area contributed by atoms with Crippen molar-refractivity contribution in [2.24, 2.45) is 14.1 Å². The molecule has 0 spiro atoms. The van der Waals surface area contributed by atoms with Crippen molar-refractivity contribution in [3.05, 3.63) is 70.0 Å². The number of aliphatic hydroxyl groups is 2. The van der Waals surface area contributed by atoms with Crippen LogP contribution >= 0.6 is 0 Å². The van der Waals surface area contributed by atoms with Crippen LogP contribution in [0.3, 0.4) is 0 Å².